The maximum Gasteiger partial charge on any atom is 0.234 e. The molecule has 94 valence electrons. The number of aliphatic imine (C=N–C) groups is 2. The molecule has 0 aliphatic heterocycles. The second kappa shape index (κ2) is 7.16. The van der Waals surface area contributed by atoms with E-state index < -0.39 is 0 Å². The van der Waals surface area contributed by atoms with Gasteiger partial charge < -0.3 is 0 Å². The molecule has 0 aromatic rings. The molecule has 0 bridgehead atoms. The van der Waals surface area contributed by atoms with Crippen molar-refractivity contribution in [2.75, 3.05) is 13.1 Å². The lowest BCUT2D eigenvalue weighted by molar-refractivity contribution is 0.123. The Morgan fingerprint density at radius 2 is 1.82 bits per heavy atom. The molecule has 1 saturated carbocycles. The van der Waals surface area contributed by atoms with Gasteiger partial charge in [-0.25, -0.2) is 19.6 Å². The van der Waals surface area contributed by atoms with Gasteiger partial charge in [0.15, 0.2) is 0 Å². The van der Waals surface area contributed by atoms with Crippen LogP contribution in [0.3, 0.4) is 0 Å². The first-order valence-corrected chi connectivity index (χ1v) is 6.26. The molecule has 4 unspecified atom stereocenters. The Bertz CT molecular complexity index is 330. The fourth-order valence-electron chi connectivity index (χ4n) is 3.21. The van der Waals surface area contributed by atoms with Crippen LogP contribution in [-0.4, -0.2) is 25.2 Å². The van der Waals surface area contributed by atoms with Crippen molar-refractivity contribution in [1.82, 2.24) is 0 Å². The summed E-state index contributed by atoms with van der Waals surface area (Å²) >= 11 is 0. The average molecular weight is 236 g/mol. The summed E-state index contributed by atoms with van der Waals surface area (Å²) in [6.45, 7) is 5.58. The summed E-state index contributed by atoms with van der Waals surface area (Å²) in [4.78, 5) is 27.6. The van der Waals surface area contributed by atoms with Gasteiger partial charge in [-0.1, -0.05) is 13.8 Å². The van der Waals surface area contributed by atoms with Crippen LogP contribution in [0.4, 0.5) is 0 Å². The van der Waals surface area contributed by atoms with Gasteiger partial charge in [0.1, 0.15) is 0 Å². The third-order valence-corrected chi connectivity index (χ3v) is 3.84. The van der Waals surface area contributed by atoms with Crippen LogP contribution in [0.2, 0.25) is 0 Å². The molecule has 1 aliphatic carbocycles. The topological polar surface area (TPSA) is 58.9 Å². The highest BCUT2D eigenvalue weighted by Gasteiger charge is 2.33. The molecule has 1 rings (SSSR count). The van der Waals surface area contributed by atoms with Gasteiger partial charge in [-0.3, -0.25) is 0 Å². The zero-order valence-electron chi connectivity index (χ0n) is 10.6. The van der Waals surface area contributed by atoms with Gasteiger partial charge in [-0.15, -0.1) is 0 Å². The number of isocyanates is 2. The fourth-order valence-corrected chi connectivity index (χ4v) is 3.21. The first kappa shape index (κ1) is 13.8. The molecule has 0 saturated heterocycles. The zero-order chi connectivity index (χ0) is 12.7. The summed E-state index contributed by atoms with van der Waals surface area (Å²) < 4.78 is 0. The van der Waals surface area contributed by atoms with Gasteiger partial charge >= 0.3 is 0 Å². The summed E-state index contributed by atoms with van der Waals surface area (Å²) in [5.41, 5.74) is 0. The standard InChI is InChI=1S/C13H20N2O2/c1-10-5-11(2)13(3-4-14-8-16)12(6-10)7-15-9-17/h10-13H,3-7H2,1-2H3. The molecule has 1 fully saturated rings. The lowest BCUT2D eigenvalue weighted by atomic mass is 9.67. The number of nitrogens with zero attached hydrogens (tertiary/aromatic N) is 2. The molecule has 0 N–H and O–H groups in total. The van der Waals surface area contributed by atoms with Gasteiger partial charge in [0, 0.05) is 0 Å². The van der Waals surface area contributed by atoms with Crippen molar-refractivity contribution in [3.8, 4) is 0 Å². The van der Waals surface area contributed by atoms with Crippen molar-refractivity contribution in [2.45, 2.75) is 33.1 Å². The van der Waals surface area contributed by atoms with E-state index in [1.54, 1.807) is 12.2 Å². The number of hydrogen-bond donors (Lipinski definition) is 0. The first-order valence-electron chi connectivity index (χ1n) is 6.26. The smallest absolute Gasteiger partial charge is 0.211 e. The molecule has 4 heteroatoms. The Labute approximate surface area is 102 Å². The maximum absolute atomic E-state index is 10.2. The van der Waals surface area contributed by atoms with Crippen LogP contribution in [0.5, 0.6) is 0 Å². The SMILES string of the molecule is CC1CC(C)C(CCN=C=O)C(CN=C=O)C1. The number of carbonyl (C=O) groups excluding carboxylic acids is 2. The molecule has 0 aromatic carbocycles. The van der Waals surface area contributed by atoms with Crippen LogP contribution in [0.25, 0.3) is 0 Å². The second-order valence-electron chi connectivity index (χ2n) is 5.17. The second-order valence-corrected chi connectivity index (χ2v) is 5.17. The Balaban J connectivity index is 2.63. The maximum atomic E-state index is 10.2. The Hall–Kier alpha value is -1.24. The minimum absolute atomic E-state index is 0.428. The van der Waals surface area contributed by atoms with Gasteiger partial charge in [0.2, 0.25) is 12.2 Å². The van der Waals surface area contributed by atoms with Crippen LogP contribution in [0.1, 0.15) is 33.1 Å². The monoisotopic (exact) mass is 236 g/mol. The van der Waals surface area contributed by atoms with E-state index in [2.05, 4.69) is 23.8 Å². The summed E-state index contributed by atoms with van der Waals surface area (Å²) in [6.07, 6.45) is 6.40. The number of hydrogen-bond acceptors (Lipinski definition) is 4. The largest absolute Gasteiger partial charge is 0.234 e. The normalized spacial score (nSPS) is 32.4. The highest BCUT2D eigenvalue weighted by molar-refractivity contribution is 5.33. The highest BCUT2D eigenvalue weighted by Crippen LogP contribution is 2.39. The number of rotatable bonds is 5. The van der Waals surface area contributed by atoms with Gasteiger partial charge in [-0.2, -0.15) is 0 Å². The summed E-state index contributed by atoms with van der Waals surface area (Å²) in [6, 6.07) is 0. The highest BCUT2D eigenvalue weighted by atomic mass is 16.1. The molecule has 4 nitrogen and oxygen atoms in total. The van der Waals surface area contributed by atoms with E-state index in [0.717, 1.165) is 12.8 Å². The molecule has 4 atom stereocenters. The van der Waals surface area contributed by atoms with Crippen molar-refractivity contribution < 1.29 is 9.59 Å². The molecule has 0 amide bonds. The first-order chi connectivity index (χ1) is 8.19. The molecule has 17 heavy (non-hydrogen) atoms. The zero-order valence-corrected chi connectivity index (χ0v) is 10.6. The quantitative estimate of drug-likeness (QED) is 0.543. The van der Waals surface area contributed by atoms with Gasteiger partial charge in [0.05, 0.1) is 13.1 Å². The van der Waals surface area contributed by atoms with E-state index in [0.29, 0.717) is 36.8 Å². The average Bonchev–Trinajstić information content (AvgIpc) is 2.29. The molecular formula is C13H20N2O2. The van der Waals surface area contributed by atoms with E-state index in [4.69, 9.17) is 0 Å². The minimum Gasteiger partial charge on any atom is -0.211 e. The van der Waals surface area contributed by atoms with Crippen molar-refractivity contribution >= 4 is 12.2 Å². The van der Waals surface area contributed by atoms with Crippen LogP contribution in [0, 0.1) is 23.7 Å². The van der Waals surface area contributed by atoms with E-state index >= 15 is 0 Å². The molecule has 0 heterocycles. The summed E-state index contributed by atoms with van der Waals surface area (Å²) in [7, 11) is 0. The third-order valence-electron chi connectivity index (χ3n) is 3.84. The molecule has 0 spiro atoms. The minimum atomic E-state index is 0.428. The Morgan fingerprint density at radius 3 is 2.47 bits per heavy atom. The van der Waals surface area contributed by atoms with E-state index in [9.17, 15) is 9.59 Å². The van der Waals surface area contributed by atoms with Crippen LogP contribution < -0.4 is 0 Å². The van der Waals surface area contributed by atoms with Crippen LogP contribution in [-0.2, 0) is 9.59 Å². The lowest BCUT2D eigenvalue weighted by Gasteiger charge is -2.38. The van der Waals surface area contributed by atoms with E-state index in [1.165, 1.54) is 6.42 Å². The van der Waals surface area contributed by atoms with Crippen LogP contribution >= 0.6 is 0 Å². The summed E-state index contributed by atoms with van der Waals surface area (Å²) in [5.74, 6) is 2.22. The van der Waals surface area contributed by atoms with Crippen molar-refractivity contribution in [3.05, 3.63) is 0 Å². The van der Waals surface area contributed by atoms with Crippen molar-refractivity contribution in [3.63, 3.8) is 0 Å². The van der Waals surface area contributed by atoms with Gasteiger partial charge in [-0.05, 0) is 42.9 Å². The molecule has 0 radical (unpaired) electrons. The molecular weight excluding hydrogens is 216 g/mol. The predicted molar refractivity (Wildman–Crippen MR) is 65.1 cm³/mol. The summed E-state index contributed by atoms with van der Waals surface area (Å²) in [5, 5.41) is 0. The lowest BCUT2D eigenvalue weighted by Crippen LogP contribution is -2.32. The van der Waals surface area contributed by atoms with Crippen molar-refractivity contribution in [2.24, 2.45) is 33.7 Å². The fraction of sp³-hybridized carbons (Fsp3) is 0.846. The Morgan fingerprint density at radius 1 is 1.12 bits per heavy atom. The predicted octanol–water partition coefficient (Wildman–Crippen LogP) is 2.35. The van der Waals surface area contributed by atoms with E-state index in [1.807, 2.05) is 0 Å². The Kier molecular flexibility index (Phi) is 5.82. The van der Waals surface area contributed by atoms with E-state index in [-0.39, 0.29) is 0 Å². The van der Waals surface area contributed by atoms with Crippen LogP contribution in [0.15, 0.2) is 9.98 Å². The third kappa shape index (κ3) is 4.26. The van der Waals surface area contributed by atoms with Crippen molar-refractivity contribution in [1.29, 1.82) is 0 Å². The molecule has 1 aliphatic rings. The molecule has 0 aromatic heterocycles. The van der Waals surface area contributed by atoms with Gasteiger partial charge in [0.25, 0.3) is 0 Å².